The Morgan fingerprint density at radius 1 is 0.917 bits per heavy atom. The van der Waals surface area contributed by atoms with E-state index < -0.39 is 24.3 Å². The second kappa shape index (κ2) is 14.3. The van der Waals surface area contributed by atoms with E-state index in [0.717, 1.165) is 57.4 Å². The van der Waals surface area contributed by atoms with Crippen molar-refractivity contribution in [2.45, 2.75) is 18.9 Å². The number of carbonyl (C=O) groups is 2. The molecule has 0 bridgehead atoms. The van der Waals surface area contributed by atoms with Gasteiger partial charge in [0.05, 0.1) is 6.54 Å². The summed E-state index contributed by atoms with van der Waals surface area (Å²) in [4.78, 5) is 27.1. The quantitative estimate of drug-likeness (QED) is 0.552. The van der Waals surface area contributed by atoms with Crippen LogP contribution in [0, 0.1) is 0 Å². The molecule has 15 heteroatoms. The fraction of sp³-hybridized carbons (Fsp3) is 0.476. The number of benzene rings is 1. The minimum Gasteiger partial charge on any atom is -0.492 e. The van der Waals surface area contributed by atoms with E-state index in [-0.39, 0.29) is 0 Å². The Labute approximate surface area is 202 Å². The number of imidazole rings is 1. The molecule has 2 N–H and O–H groups in total. The standard InChI is InChI=1S/C17H24N4O.2C2HF3O2/c1-19-8-7-18-17(19)15-21-11-9-20(10-12-21)13-14-22-16-5-3-2-4-6-16;2*3-2(4,5)1(6)7/h2-8H,9-15H2,1H3;2*(H,6,7). The van der Waals surface area contributed by atoms with Gasteiger partial charge in [-0.05, 0) is 12.1 Å². The van der Waals surface area contributed by atoms with Crippen molar-refractivity contribution in [1.82, 2.24) is 19.4 Å². The van der Waals surface area contributed by atoms with Crippen LogP contribution in [0.2, 0.25) is 0 Å². The van der Waals surface area contributed by atoms with E-state index in [2.05, 4.69) is 26.4 Å². The second-order valence-corrected chi connectivity index (χ2v) is 7.34. The molecule has 0 aliphatic carbocycles. The average molecular weight is 528 g/mol. The van der Waals surface area contributed by atoms with Crippen LogP contribution >= 0.6 is 0 Å². The summed E-state index contributed by atoms with van der Waals surface area (Å²) >= 11 is 0. The number of aliphatic carboxylic acids is 2. The summed E-state index contributed by atoms with van der Waals surface area (Å²) in [5.74, 6) is -3.42. The minimum atomic E-state index is -5.08. The largest absolute Gasteiger partial charge is 0.492 e. The third kappa shape index (κ3) is 12.4. The zero-order valence-electron chi connectivity index (χ0n) is 19.2. The van der Waals surface area contributed by atoms with Crippen LogP contribution in [0.25, 0.3) is 0 Å². The van der Waals surface area contributed by atoms with Crippen molar-refractivity contribution < 1.29 is 50.9 Å². The average Bonchev–Trinajstić information content (AvgIpc) is 3.19. The van der Waals surface area contributed by atoms with Crippen molar-refractivity contribution >= 4 is 11.9 Å². The Balaban J connectivity index is 0.000000383. The Hall–Kier alpha value is -3.33. The SMILES string of the molecule is Cn1ccnc1CN1CCN(CCOc2ccccc2)CC1.O=C(O)C(F)(F)F.O=C(O)C(F)(F)F. The van der Waals surface area contributed by atoms with Crippen LogP contribution in [0.3, 0.4) is 0 Å². The first kappa shape index (κ1) is 30.7. The van der Waals surface area contributed by atoms with Crippen LogP contribution in [0.15, 0.2) is 42.7 Å². The summed E-state index contributed by atoms with van der Waals surface area (Å²) in [6.45, 7) is 7.08. The first-order valence-electron chi connectivity index (χ1n) is 10.4. The van der Waals surface area contributed by atoms with E-state index in [9.17, 15) is 26.3 Å². The van der Waals surface area contributed by atoms with E-state index in [1.807, 2.05) is 42.7 Å². The highest BCUT2D eigenvalue weighted by Crippen LogP contribution is 2.14. The molecule has 0 unspecified atom stereocenters. The molecule has 1 saturated heterocycles. The van der Waals surface area contributed by atoms with Crippen molar-refractivity contribution in [3.8, 4) is 5.75 Å². The van der Waals surface area contributed by atoms with Gasteiger partial charge < -0.3 is 19.5 Å². The van der Waals surface area contributed by atoms with Crippen LogP contribution in [-0.4, -0.2) is 93.2 Å². The lowest BCUT2D eigenvalue weighted by atomic mass is 10.3. The van der Waals surface area contributed by atoms with Crippen molar-refractivity contribution in [1.29, 1.82) is 0 Å². The van der Waals surface area contributed by atoms with Gasteiger partial charge in [0.1, 0.15) is 18.2 Å². The highest BCUT2D eigenvalue weighted by atomic mass is 19.4. The number of alkyl halides is 6. The van der Waals surface area contributed by atoms with Crippen molar-refractivity contribution in [2.24, 2.45) is 7.05 Å². The van der Waals surface area contributed by atoms with Crippen molar-refractivity contribution in [3.63, 3.8) is 0 Å². The minimum absolute atomic E-state index is 0.753. The van der Waals surface area contributed by atoms with Crippen LogP contribution < -0.4 is 4.74 Å². The van der Waals surface area contributed by atoms with Gasteiger partial charge in [-0.15, -0.1) is 0 Å². The normalized spacial score (nSPS) is 14.6. The molecule has 1 aromatic carbocycles. The first-order valence-corrected chi connectivity index (χ1v) is 10.4. The maximum Gasteiger partial charge on any atom is 0.490 e. The topological polar surface area (TPSA) is 108 Å². The number of hydrogen-bond acceptors (Lipinski definition) is 6. The molecule has 0 amide bonds. The number of aryl methyl sites for hydroxylation is 1. The number of halogens is 6. The molecule has 9 nitrogen and oxygen atoms in total. The summed E-state index contributed by atoms with van der Waals surface area (Å²) in [6.07, 6.45) is -6.29. The number of para-hydroxylation sites is 1. The predicted molar refractivity (Wildman–Crippen MR) is 114 cm³/mol. The number of piperazine rings is 1. The van der Waals surface area contributed by atoms with Crippen LogP contribution in [0.4, 0.5) is 26.3 Å². The van der Waals surface area contributed by atoms with Crippen LogP contribution in [0.1, 0.15) is 5.82 Å². The fourth-order valence-corrected chi connectivity index (χ4v) is 2.73. The van der Waals surface area contributed by atoms with E-state index >= 15 is 0 Å². The van der Waals surface area contributed by atoms with Gasteiger partial charge in [0.25, 0.3) is 0 Å². The van der Waals surface area contributed by atoms with Gasteiger partial charge in [0.2, 0.25) is 0 Å². The Morgan fingerprint density at radius 3 is 1.81 bits per heavy atom. The maximum absolute atomic E-state index is 10.6. The van der Waals surface area contributed by atoms with Crippen molar-refractivity contribution in [3.05, 3.63) is 48.5 Å². The molecule has 0 spiro atoms. The Bertz CT molecular complexity index is 905. The molecule has 0 saturated carbocycles. The molecule has 3 rings (SSSR count). The number of nitrogens with zero attached hydrogens (tertiary/aromatic N) is 4. The monoisotopic (exact) mass is 528 g/mol. The molecule has 1 aliphatic heterocycles. The zero-order valence-corrected chi connectivity index (χ0v) is 19.2. The smallest absolute Gasteiger partial charge is 0.490 e. The van der Waals surface area contributed by atoms with E-state index in [4.69, 9.17) is 24.5 Å². The number of rotatable bonds is 6. The van der Waals surface area contributed by atoms with Gasteiger partial charge in [0.15, 0.2) is 0 Å². The summed E-state index contributed by atoms with van der Waals surface area (Å²) in [5.41, 5.74) is 0. The molecule has 1 fully saturated rings. The van der Waals surface area contributed by atoms with Gasteiger partial charge >= 0.3 is 24.3 Å². The molecule has 1 aromatic heterocycles. The molecule has 0 atom stereocenters. The Morgan fingerprint density at radius 2 is 1.39 bits per heavy atom. The summed E-state index contributed by atoms with van der Waals surface area (Å²) in [7, 11) is 2.06. The number of carboxylic acids is 2. The molecular formula is C21H26F6N4O5. The summed E-state index contributed by atoms with van der Waals surface area (Å²) < 4.78 is 71.3. The highest BCUT2D eigenvalue weighted by Gasteiger charge is 2.38. The number of carboxylic acid groups (broad SMARTS) is 2. The van der Waals surface area contributed by atoms with Gasteiger partial charge in [0, 0.05) is 52.2 Å². The highest BCUT2D eigenvalue weighted by molar-refractivity contribution is 5.73. The van der Waals surface area contributed by atoms with Gasteiger partial charge in [-0.1, -0.05) is 18.2 Å². The van der Waals surface area contributed by atoms with E-state index in [0.29, 0.717) is 0 Å². The Kier molecular flexibility index (Phi) is 12.2. The zero-order chi connectivity index (χ0) is 27.4. The molecule has 1 aliphatic rings. The van der Waals surface area contributed by atoms with Gasteiger partial charge in [-0.25, -0.2) is 14.6 Å². The predicted octanol–water partition coefficient (Wildman–Crippen LogP) is 2.88. The summed E-state index contributed by atoms with van der Waals surface area (Å²) in [6, 6.07) is 10.0. The lowest BCUT2D eigenvalue weighted by Crippen LogP contribution is -2.47. The third-order valence-corrected chi connectivity index (χ3v) is 4.66. The second-order valence-electron chi connectivity index (χ2n) is 7.34. The number of aromatic nitrogens is 2. The number of hydrogen-bond donors (Lipinski definition) is 2. The lowest BCUT2D eigenvalue weighted by Gasteiger charge is -2.34. The first-order chi connectivity index (χ1) is 16.7. The molecule has 36 heavy (non-hydrogen) atoms. The lowest BCUT2D eigenvalue weighted by molar-refractivity contribution is -0.193. The summed E-state index contributed by atoms with van der Waals surface area (Å²) in [5, 5.41) is 14.2. The molecular weight excluding hydrogens is 502 g/mol. The molecule has 2 heterocycles. The molecule has 2 aromatic rings. The van der Waals surface area contributed by atoms with E-state index in [1.54, 1.807) is 0 Å². The molecule has 0 radical (unpaired) electrons. The fourth-order valence-electron chi connectivity index (χ4n) is 2.73. The maximum atomic E-state index is 10.6. The van der Waals surface area contributed by atoms with Gasteiger partial charge in [-0.2, -0.15) is 26.3 Å². The van der Waals surface area contributed by atoms with Crippen LogP contribution in [0.5, 0.6) is 5.75 Å². The third-order valence-electron chi connectivity index (χ3n) is 4.66. The van der Waals surface area contributed by atoms with E-state index in [1.165, 1.54) is 0 Å². The van der Waals surface area contributed by atoms with Gasteiger partial charge in [-0.3, -0.25) is 9.80 Å². The van der Waals surface area contributed by atoms with Crippen molar-refractivity contribution in [2.75, 3.05) is 39.3 Å². The number of ether oxygens (including phenoxy) is 1. The van der Waals surface area contributed by atoms with Crippen LogP contribution in [-0.2, 0) is 23.2 Å². The molecule has 202 valence electrons.